The molecule has 1 aliphatic heterocycles. The third-order valence-corrected chi connectivity index (χ3v) is 3.28. The van der Waals surface area contributed by atoms with Gasteiger partial charge in [-0.25, -0.2) is 0 Å². The van der Waals surface area contributed by atoms with E-state index in [-0.39, 0.29) is 0 Å². The number of nitrogens with zero attached hydrogens (tertiary/aromatic N) is 1. The molecule has 4 heteroatoms. The van der Waals surface area contributed by atoms with E-state index in [9.17, 15) is 13.2 Å². The van der Waals surface area contributed by atoms with Crippen molar-refractivity contribution in [3.8, 4) is 0 Å². The maximum Gasteiger partial charge on any atom is 0.416 e. The van der Waals surface area contributed by atoms with Crippen molar-refractivity contribution in [3.05, 3.63) is 83.7 Å². The van der Waals surface area contributed by atoms with Crippen LogP contribution in [0.1, 0.15) is 18.1 Å². The minimum atomic E-state index is -4.30. The smallest absolute Gasteiger partial charge is 0.344 e. The molecular formula is C17H16F3N. The van der Waals surface area contributed by atoms with Crippen molar-refractivity contribution in [1.29, 1.82) is 0 Å². The molecule has 1 heterocycles. The molecule has 1 nitrogen and oxygen atoms in total. The minimum absolute atomic E-state index is 0.470. The maximum absolute atomic E-state index is 12.5. The Balaban J connectivity index is 2.13. The number of alkyl halides is 3. The summed E-state index contributed by atoms with van der Waals surface area (Å²) in [5.41, 5.74) is 2.80. The Hall–Kier alpha value is -2.23. The summed E-state index contributed by atoms with van der Waals surface area (Å²) in [7, 11) is 0. The molecule has 0 atom stereocenters. The minimum Gasteiger partial charge on any atom is -0.344 e. The van der Waals surface area contributed by atoms with Crippen molar-refractivity contribution in [2.45, 2.75) is 19.6 Å². The molecule has 0 bridgehead atoms. The summed E-state index contributed by atoms with van der Waals surface area (Å²) in [6.07, 6.45) is 1.35. The fraction of sp³-hybridized carbons (Fsp3) is 0.176. The zero-order valence-electron chi connectivity index (χ0n) is 11.7. The van der Waals surface area contributed by atoms with Gasteiger partial charge in [0.2, 0.25) is 0 Å². The van der Waals surface area contributed by atoms with Crippen molar-refractivity contribution >= 4 is 0 Å². The number of rotatable bonds is 3. The van der Waals surface area contributed by atoms with Crippen LogP contribution < -0.4 is 0 Å². The molecule has 110 valence electrons. The van der Waals surface area contributed by atoms with Crippen LogP contribution in [0.5, 0.6) is 0 Å². The van der Waals surface area contributed by atoms with Crippen LogP contribution in [0.15, 0.2) is 72.6 Å². The highest BCUT2D eigenvalue weighted by Gasteiger charge is 2.30. The van der Waals surface area contributed by atoms with Gasteiger partial charge in [0.1, 0.15) is 0 Å². The summed E-state index contributed by atoms with van der Waals surface area (Å²) in [5, 5.41) is 0. The van der Waals surface area contributed by atoms with Crippen LogP contribution in [-0.4, -0.2) is 4.90 Å². The molecule has 0 aromatic heterocycles. The molecule has 0 amide bonds. The van der Waals surface area contributed by atoms with Gasteiger partial charge >= 0.3 is 6.18 Å². The standard InChI is InChI=1S/C17H16F3N/c1-12(2)16-5-4-10-21(13(16)3)11-14-6-8-15(9-7-14)17(18,19)20/h4-10H,1,3,11H2,2H3. The number of hydrogen-bond donors (Lipinski definition) is 0. The van der Waals surface area contributed by atoms with E-state index in [0.29, 0.717) is 6.54 Å². The summed E-state index contributed by atoms with van der Waals surface area (Å²) < 4.78 is 37.6. The summed E-state index contributed by atoms with van der Waals surface area (Å²) in [6, 6.07) is 5.17. The van der Waals surface area contributed by atoms with Gasteiger partial charge in [0.25, 0.3) is 0 Å². The van der Waals surface area contributed by atoms with Gasteiger partial charge in [-0.1, -0.05) is 31.4 Å². The molecule has 0 N–H and O–H groups in total. The lowest BCUT2D eigenvalue weighted by Gasteiger charge is -2.27. The molecule has 1 aromatic carbocycles. The van der Waals surface area contributed by atoms with Crippen LogP contribution >= 0.6 is 0 Å². The van der Waals surface area contributed by atoms with E-state index in [4.69, 9.17) is 0 Å². The number of halogens is 3. The predicted molar refractivity (Wildman–Crippen MR) is 78.2 cm³/mol. The Morgan fingerprint density at radius 3 is 2.33 bits per heavy atom. The second-order valence-electron chi connectivity index (χ2n) is 4.97. The first-order valence-electron chi connectivity index (χ1n) is 6.45. The average molecular weight is 291 g/mol. The fourth-order valence-corrected chi connectivity index (χ4v) is 2.12. The zero-order chi connectivity index (χ0) is 15.6. The van der Waals surface area contributed by atoms with Gasteiger partial charge in [0.15, 0.2) is 0 Å². The molecule has 0 radical (unpaired) electrons. The monoisotopic (exact) mass is 291 g/mol. The molecule has 0 aliphatic carbocycles. The van der Waals surface area contributed by atoms with Crippen molar-refractivity contribution in [2.75, 3.05) is 0 Å². The van der Waals surface area contributed by atoms with Crippen LogP contribution in [0.25, 0.3) is 0 Å². The number of benzene rings is 1. The van der Waals surface area contributed by atoms with E-state index >= 15 is 0 Å². The Morgan fingerprint density at radius 1 is 1.19 bits per heavy atom. The predicted octanol–water partition coefficient (Wildman–Crippen LogP) is 5.05. The SMILES string of the molecule is C=C(C)C1=CC=CN(Cc2ccc(C(F)(F)F)cc2)C1=C. The topological polar surface area (TPSA) is 3.24 Å². The second-order valence-corrected chi connectivity index (χ2v) is 4.97. The third kappa shape index (κ3) is 3.45. The number of hydrogen-bond acceptors (Lipinski definition) is 1. The lowest BCUT2D eigenvalue weighted by molar-refractivity contribution is -0.137. The average Bonchev–Trinajstić information content (AvgIpc) is 2.40. The van der Waals surface area contributed by atoms with Crippen molar-refractivity contribution in [3.63, 3.8) is 0 Å². The normalized spacial score (nSPS) is 15.1. The first kappa shape index (κ1) is 15.2. The highest BCUT2D eigenvalue weighted by Crippen LogP contribution is 2.30. The van der Waals surface area contributed by atoms with Crippen LogP contribution in [-0.2, 0) is 12.7 Å². The van der Waals surface area contributed by atoms with Gasteiger partial charge in [0.05, 0.1) is 5.56 Å². The molecule has 0 unspecified atom stereocenters. The van der Waals surface area contributed by atoms with Crippen molar-refractivity contribution < 1.29 is 13.2 Å². The Morgan fingerprint density at radius 2 is 1.81 bits per heavy atom. The van der Waals surface area contributed by atoms with E-state index in [1.165, 1.54) is 12.1 Å². The van der Waals surface area contributed by atoms with Crippen molar-refractivity contribution in [1.82, 2.24) is 4.90 Å². The molecule has 21 heavy (non-hydrogen) atoms. The zero-order valence-corrected chi connectivity index (χ0v) is 11.7. The summed E-state index contributed by atoms with van der Waals surface area (Å²) in [5.74, 6) is 0. The highest BCUT2D eigenvalue weighted by molar-refractivity contribution is 5.47. The van der Waals surface area contributed by atoms with Gasteiger partial charge in [0, 0.05) is 18.4 Å². The van der Waals surface area contributed by atoms with E-state index in [1.807, 2.05) is 30.2 Å². The molecule has 0 spiro atoms. The fourth-order valence-electron chi connectivity index (χ4n) is 2.12. The van der Waals surface area contributed by atoms with Crippen LogP contribution in [0.2, 0.25) is 0 Å². The van der Waals surface area contributed by atoms with E-state index < -0.39 is 11.7 Å². The molecular weight excluding hydrogens is 275 g/mol. The van der Waals surface area contributed by atoms with Crippen LogP contribution in [0.4, 0.5) is 13.2 Å². The first-order valence-corrected chi connectivity index (χ1v) is 6.45. The maximum atomic E-state index is 12.5. The quantitative estimate of drug-likeness (QED) is 0.753. The van der Waals surface area contributed by atoms with Gasteiger partial charge < -0.3 is 4.90 Å². The third-order valence-electron chi connectivity index (χ3n) is 3.28. The lowest BCUT2D eigenvalue weighted by Crippen LogP contribution is -2.19. The lowest BCUT2D eigenvalue weighted by atomic mass is 10.0. The molecule has 1 aromatic rings. The molecule has 2 rings (SSSR count). The van der Waals surface area contributed by atoms with E-state index in [2.05, 4.69) is 13.2 Å². The van der Waals surface area contributed by atoms with Gasteiger partial charge in [-0.3, -0.25) is 0 Å². The highest BCUT2D eigenvalue weighted by atomic mass is 19.4. The number of allylic oxidation sites excluding steroid dienone is 3. The van der Waals surface area contributed by atoms with Gasteiger partial charge in [-0.2, -0.15) is 13.2 Å². The van der Waals surface area contributed by atoms with Crippen LogP contribution in [0.3, 0.4) is 0 Å². The van der Waals surface area contributed by atoms with E-state index in [1.54, 1.807) is 0 Å². The Bertz CT molecular complexity index is 618. The molecule has 1 aliphatic rings. The largest absolute Gasteiger partial charge is 0.416 e. The molecule has 0 saturated carbocycles. The Labute approximate surface area is 122 Å². The van der Waals surface area contributed by atoms with Gasteiger partial charge in [-0.15, -0.1) is 0 Å². The Kier molecular flexibility index (Phi) is 4.07. The second kappa shape index (κ2) is 5.64. The summed E-state index contributed by atoms with van der Waals surface area (Å²) >= 11 is 0. The van der Waals surface area contributed by atoms with Crippen LogP contribution in [0, 0.1) is 0 Å². The summed E-state index contributed by atoms with van der Waals surface area (Å²) in [6.45, 7) is 10.3. The molecule has 0 saturated heterocycles. The first-order chi connectivity index (χ1) is 9.79. The summed E-state index contributed by atoms with van der Waals surface area (Å²) in [4.78, 5) is 1.90. The van der Waals surface area contributed by atoms with E-state index in [0.717, 1.165) is 34.5 Å². The van der Waals surface area contributed by atoms with Crippen molar-refractivity contribution in [2.24, 2.45) is 0 Å². The van der Waals surface area contributed by atoms with Gasteiger partial charge in [-0.05, 0) is 41.8 Å². The molecule has 0 fully saturated rings.